The predicted octanol–water partition coefficient (Wildman–Crippen LogP) is 3.95. The van der Waals surface area contributed by atoms with Crippen molar-refractivity contribution in [2.45, 2.75) is 26.3 Å². The van der Waals surface area contributed by atoms with Crippen molar-refractivity contribution in [2.24, 2.45) is 0 Å². The molecule has 0 aliphatic rings. The van der Waals surface area contributed by atoms with Gasteiger partial charge in [-0.15, -0.1) is 0 Å². The average molecular weight is 356 g/mol. The standard InChI is InChI=1S/C19H18ClN3O2/c1-13-5-4-6-14(23-13)11-21-18(24)9-10-19-22-12-17(25-19)15-7-2-3-8-16(15)20/h2-8,12H,9-11H2,1H3,(H,21,24). The minimum Gasteiger partial charge on any atom is -0.441 e. The third-order valence-corrected chi connectivity index (χ3v) is 4.00. The Morgan fingerprint density at radius 1 is 1.20 bits per heavy atom. The molecule has 0 aliphatic heterocycles. The van der Waals surface area contributed by atoms with Gasteiger partial charge < -0.3 is 9.73 Å². The van der Waals surface area contributed by atoms with Gasteiger partial charge in [-0.25, -0.2) is 4.98 Å². The molecule has 0 saturated heterocycles. The molecule has 0 aliphatic carbocycles. The summed E-state index contributed by atoms with van der Waals surface area (Å²) in [5.74, 6) is 1.05. The number of hydrogen-bond donors (Lipinski definition) is 1. The van der Waals surface area contributed by atoms with Crippen LogP contribution in [-0.2, 0) is 17.8 Å². The topological polar surface area (TPSA) is 68.0 Å². The first-order chi connectivity index (χ1) is 12.1. The highest BCUT2D eigenvalue weighted by Gasteiger charge is 2.11. The Balaban J connectivity index is 1.52. The normalized spacial score (nSPS) is 10.6. The van der Waals surface area contributed by atoms with Crippen molar-refractivity contribution in [2.75, 3.05) is 0 Å². The van der Waals surface area contributed by atoms with Gasteiger partial charge in [0.15, 0.2) is 11.7 Å². The van der Waals surface area contributed by atoms with Crippen LogP contribution in [0, 0.1) is 6.92 Å². The lowest BCUT2D eigenvalue weighted by molar-refractivity contribution is -0.121. The summed E-state index contributed by atoms with van der Waals surface area (Å²) in [5.41, 5.74) is 2.56. The van der Waals surface area contributed by atoms with E-state index < -0.39 is 0 Å². The van der Waals surface area contributed by atoms with Gasteiger partial charge in [-0.05, 0) is 31.2 Å². The van der Waals surface area contributed by atoms with E-state index in [9.17, 15) is 4.79 Å². The van der Waals surface area contributed by atoms with Crippen LogP contribution in [0.2, 0.25) is 5.02 Å². The molecule has 0 saturated carbocycles. The van der Waals surface area contributed by atoms with Crippen LogP contribution in [0.1, 0.15) is 23.7 Å². The molecule has 1 amide bonds. The Bertz CT molecular complexity index is 876. The van der Waals surface area contributed by atoms with Crippen molar-refractivity contribution in [3.05, 3.63) is 71.0 Å². The molecule has 0 bridgehead atoms. The summed E-state index contributed by atoms with van der Waals surface area (Å²) in [4.78, 5) is 20.5. The predicted molar refractivity (Wildman–Crippen MR) is 96.1 cm³/mol. The summed E-state index contributed by atoms with van der Waals surface area (Å²) < 4.78 is 5.69. The van der Waals surface area contributed by atoms with E-state index in [0.717, 1.165) is 17.0 Å². The van der Waals surface area contributed by atoms with Crippen LogP contribution in [-0.4, -0.2) is 15.9 Å². The van der Waals surface area contributed by atoms with Crippen LogP contribution in [0.5, 0.6) is 0 Å². The highest BCUT2D eigenvalue weighted by molar-refractivity contribution is 6.33. The molecule has 2 heterocycles. The van der Waals surface area contributed by atoms with Crippen LogP contribution >= 0.6 is 11.6 Å². The lowest BCUT2D eigenvalue weighted by Crippen LogP contribution is -2.23. The first-order valence-electron chi connectivity index (χ1n) is 8.00. The number of aryl methyl sites for hydroxylation is 2. The number of benzene rings is 1. The molecule has 0 unspecified atom stereocenters. The van der Waals surface area contributed by atoms with E-state index in [-0.39, 0.29) is 5.91 Å². The molecule has 0 radical (unpaired) electrons. The number of carbonyl (C=O) groups is 1. The number of nitrogens with one attached hydrogen (secondary N) is 1. The molecule has 5 nitrogen and oxygen atoms in total. The number of rotatable bonds is 6. The zero-order valence-electron chi connectivity index (χ0n) is 13.8. The lowest BCUT2D eigenvalue weighted by Gasteiger charge is -2.04. The van der Waals surface area contributed by atoms with Crippen molar-refractivity contribution >= 4 is 17.5 Å². The molecule has 0 fully saturated rings. The SMILES string of the molecule is Cc1cccc(CNC(=O)CCc2ncc(-c3ccccc3Cl)o2)n1. The number of amides is 1. The molecule has 6 heteroatoms. The maximum Gasteiger partial charge on any atom is 0.220 e. The molecule has 3 aromatic rings. The number of carbonyl (C=O) groups excluding carboxylic acids is 1. The second kappa shape index (κ2) is 7.94. The zero-order chi connectivity index (χ0) is 17.6. The van der Waals surface area contributed by atoms with E-state index in [1.807, 2.05) is 43.3 Å². The van der Waals surface area contributed by atoms with E-state index in [4.69, 9.17) is 16.0 Å². The van der Waals surface area contributed by atoms with Crippen molar-refractivity contribution < 1.29 is 9.21 Å². The minimum atomic E-state index is -0.0687. The van der Waals surface area contributed by atoms with Crippen LogP contribution < -0.4 is 5.32 Å². The van der Waals surface area contributed by atoms with E-state index in [1.165, 1.54) is 0 Å². The summed E-state index contributed by atoms with van der Waals surface area (Å²) in [7, 11) is 0. The molecule has 2 aromatic heterocycles. The maximum absolute atomic E-state index is 12.0. The number of oxazole rings is 1. The third kappa shape index (κ3) is 4.67. The first-order valence-corrected chi connectivity index (χ1v) is 8.38. The molecule has 0 spiro atoms. The Morgan fingerprint density at radius 3 is 2.84 bits per heavy atom. The number of aromatic nitrogens is 2. The summed E-state index contributed by atoms with van der Waals surface area (Å²) in [6, 6.07) is 13.1. The van der Waals surface area contributed by atoms with Crippen LogP contribution in [0.15, 0.2) is 53.1 Å². The summed E-state index contributed by atoms with van der Waals surface area (Å²) in [6.07, 6.45) is 2.36. The van der Waals surface area contributed by atoms with E-state index in [0.29, 0.717) is 36.1 Å². The molecule has 1 N–H and O–H groups in total. The Morgan fingerprint density at radius 2 is 2.04 bits per heavy atom. The molecule has 1 aromatic carbocycles. The molecule has 25 heavy (non-hydrogen) atoms. The molecule has 3 rings (SSSR count). The Labute approximate surface area is 151 Å². The highest BCUT2D eigenvalue weighted by Crippen LogP contribution is 2.28. The smallest absolute Gasteiger partial charge is 0.220 e. The largest absolute Gasteiger partial charge is 0.441 e. The number of hydrogen-bond acceptors (Lipinski definition) is 4. The Hall–Kier alpha value is -2.66. The minimum absolute atomic E-state index is 0.0687. The van der Waals surface area contributed by atoms with Crippen LogP contribution in [0.4, 0.5) is 0 Å². The highest BCUT2D eigenvalue weighted by atomic mass is 35.5. The van der Waals surface area contributed by atoms with Gasteiger partial charge in [0, 0.05) is 24.1 Å². The zero-order valence-corrected chi connectivity index (χ0v) is 14.6. The van der Waals surface area contributed by atoms with Gasteiger partial charge in [0.25, 0.3) is 0 Å². The van der Waals surface area contributed by atoms with E-state index in [2.05, 4.69) is 15.3 Å². The van der Waals surface area contributed by atoms with Gasteiger partial charge in [-0.2, -0.15) is 0 Å². The lowest BCUT2D eigenvalue weighted by atomic mass is 10.2. The van der Waals surface area contributed by atoms with Crippen molar-refractivity contribution in [1.82, 2.24) is 15.3 Å². The van der Waals surface area contributed by atoms with E-state index >= 15 is 0 Å². The maximum atomic E-state index is 12.0. The second-order valence-corrected chi connectivity index (χ2v) is 6.05. The molecular weight excluding hydrogens is 338 g/mol. The average Bonchev–Trinajstić information content (AvgIpc) is 3.07. The van der Waals surface area contributed by atoms with Crippen molar-refractivity contribution in [1.29, 1.82) is 0 Å². The number of pyridine rings is 1. The monoisotopic (exact) mass is 355 g/mol. The first kappa shape index (κ1) is 17.2. The third-order valence-electron chi connectivity index (χ3n) is 3.67. The van der Waals surface area contributed by atoms with Gasteiger partial charge in [0.2, 0.25) is 5.91 Å². The van der Waals surface area contributed by atoms with Gasteiger partial charge in [-0.3, -0.25) is 9.78 Å². The quantitative estimate of drug-likeness (QED) is 0.727. The summed E-state index contributed by atoms with van der Waals surface area (Å²) in [5, 5.41) is 3.46. The van der Waals surface area contributed by atoms with Gasteiger partial charge in [0.1, 0.15) is 0 Å². The van der Waals surface area contributed by atoms with Gasteiger partial charge in [-0.1, -0.05) is 29.8 Å². The molecular formula is C19H18ClN3O2. The van der Waals surface area contributed by atoms with E-state index in [1.54, 1.807) is 12.3 Å². The number of halogens is 1. The summed E-state index contributed by atoms with van der Waals surface area (Å²) >= 11 is 6.15. The van der Waals surface area contributed by atoms with Crippen LogP contribution in [0.25, 0.3) is 11.3 Å². The fraction of sp³-hybridized carbons (Fsp3) is 0.211. The number of nitrogens with zero attached hydrogens (tertiary/aromatic N) is 2. The molecule has 128 valence electrons. The van der Waals surface area contributed by atoms with Gasteiger partial charge >= 0.3 is 0 Å². The Kier molecular flexibility index (Phi) is 5.46. The second-order valence-electron chi connectivity index (χ2n) is 5.65. The van der Waals surface area contributed by atoms with Crippen molar-refractivity contribution in [3.8, 4) is 11.3 Å². The van der Waals surface area contributed by atoms with Gasteiger partial charge in [0.05, 0.1) is 23.5 Å². The molecule has 0 atom stereocenters. The van der Waals surface area contributed by atoms with Crippen molar-refractivity contribution in [3.63, 3.8) is 0 Å². The summed E-state index contributed by atoms with van der Waals surface area (Å²) in [6.45, 7) is 2.33. The fourth-order valence-electron chi connectivity index (χ4n) is 2.41. The van der Waals surface area contributed by atoms with Crippen LogP contribution in [0.3, 0.4) is 0 Å². The fourth-order valence-corrected chi connectivity index (χ4v) is 2.64.